The summed E-state index contributed by atoms with van der Waals surface area (Å²) in [7, 11) is 1.54. The molecular weight excluding hydrogens is 406 g/mol. The minimum atomic E-state index is -0.179. The molecule has 160 valence electrons. The minimum Gasteiger partial charge on any atom is -0.496 e. The Morgan fingerprint density at radius 2 is 1.83 bits per heavy atom. The average Bonchev–Trinajstić information content (AvgIpc) is 3.33. The SMILES string of the molecule is COc1cc(-n2cccc2)c(Cl)cc1C(=O)N1CCCC(C(=O)N2CCOCC2)C1. The van der Waals surface area contributed by atoms with Gasteiger partial charge in [-0.25, -0.2) is 0 Å². The Kier molecular flexibility index (Phi) is 6.29. The maximum Gasteiger partial charge on any atom is 0.257 e. The summed E-state index contributed by atoms with van der Waals surface area (Å²) in [5.74, 6) is 0.243. The first kappa shape index (κ1) is 20.8. The van der Waals surface area contributed by atoms with Gasteiger partial charge in [0.15, 0.2) is 0 Å². The van der Waals surface area contributed by atoms with Crippen LogP contribution in [-0.2, 0) is 9.53 Å². The second kappa shape index (κ2) is 9.10. The zero-order chi connectivity index (χ0) is 21.1. The van der Waals surface area contributed by atoms with Gasteiger partial charge in [0.05, 0.1) is 42.5 Å². The quantitative estimate of drug-likeness (QED) is 0.746. The number of piperidine rings is 1. The predicted octanol–water partition coefficient (Wildman–Crippen LogP) is 2.85. The summed E-state index contributed by atoms with van der Waals surface area (Å²) in [4.78, 5) is 29.8. The third-order valence-electron chi connectivity index (χ3n) is 5.76. The largest absolute Gasteiger partial charge is 0.496 e. The van der Waals surface area contributed by atoms with Gasteiger partial charge in [-0.05, 0) is 31.0 Å². The maximum atomic E-state index is 13.3. The van der Waals surface area contributed by atoms with Crippen LogP contribution >= 0.6 is 11.6 Å². The number of hydrogen-bond acceptors (Lipinski definition) is 4. The van der Waals surface area contributed by atoms with Crippen LogP contribution in [0.1, 0.15) is 23.2 Å². The van der Waals surface area contributed by atoms with Gasteiger partial charge < -0.3 is 23.8 Å². The van der Waals surface area contributed by atoms with Crippen LogP contribution in [0.4, 0.5) is 0 Å². The standard InChI is InChI=1S/C22H26ClN3O4/c1-29-20-14-19(24-6-2-3-7-24)18(23)13-17(20)22(28)26-8-4-5-16(15-26)21(27)25-9-11-30-12-10-25/h2-3,6-7,13-14,16H,4-5,8-12,15H2,1H3. The highest BCUT2D eigenvalue weighted by atomic mass is 35.5. The number of ether oxygens (including phenoxy) is 2. The van der Waals surface area contributed by atoms with Crippen molar-refractivity contribution in [1.29, 1.82) is 0 Å². The molecule has 2 aliphatic rings. The third kappa shape index (κ3) is 4.18. The second-order valence-corrected chi connectivity index (χ2v) is 8.03. The molecule has 30 heavy (non-hydrogen) atoms. The molecule has 1 aromatic carbocycles. The van der Waals surface area contributed by atoms with Gasteiger partial charge in [-0.3, -0.25) is 9.59 Å². The maximum absolute atomic E-state index is 13.3. The summed E-state index contributed by atoms with van der Waals surface area (Å²) in [5, 5.41) is 0.466. The first-order valence-corrected chi connectivity index (χ1v) is 10.6. The number of likely N-dealkylation sites (tertiary alicyclic amines) is 1. The number of amides is 2. The fraction of sp³-hybridized carbons (Fsp3) is 0.455. The van der Waals surface area contributed by atoms with Crippen LogP contribution in [-0.4, -0.2) is 72.7 Å². The molecule has 2 saturated heterocycles. The molecule has 8 heteroatoms. The Morgan fingerprint density at radius 1 is 1.10 bits per heavy atom. The van der Waals surface area contributed by atoms with E-state index in [-0.39, 0.29) is 17.7 Å². The average molecular weight is 432 g/mol. The molecule has 2 amide bonds. The number of nitrogens with zero attached hydrogens (tertiary/aromatic N) is 3. The Hall–Kier alpha value is -2.51. The molecule has 2 fully saturated rings. The van der Waals surface area contributed by atoms with Gasteiger partial charge in [0.25, 0.3) is 5.91 Å². The van der Waals surface area contributed by atoms with Gasteiger partial charge in [-0.15, -0.1) is 0 Å². The number of hydrogen-bond donors (Lipinski definition) is 0. The van der Waals surface area contributed by atoms with Crippen molar-refractivity contribution in [1.82, 2.24) is 14.4 Å². The number of methoxy groups -OCH3 is 1. The van der Waals surface area contributed by atoms with Crippen molar-refractivity contribution in [3.8, 4) is 11.4 Å². The van der Waals surface area contributed by atoms with E-state index in [1.54, 1.807) is 24.1 Å². The van der Waals surface area contributed by atoms with Gasteiger partial charge in [-0.1, -0.05) is 11.6 Å². The van der Waals surface area contributed by atoms with Crippen molar-refractivity contribution in [3.05, 3.63) is 47.2 Å². The van der Waals surface area contributed by atoms with Crippen molar-refractivity contribution in [2.75, 3.05) is 46.5 Å². The molecule has 1 atom stereocenters. The van der Waals surface area contributed by atoms with E-state index >= 15 is 0 Å². The van der Waals surface area contributed by atoms with Gasteiger partial charge in [-0.2, -0.15) is 0 Å². The van der Waals surface area contributed by atoms with E-state index in [9.17, 15) is 9.59 Å². The van der Waals surface area contributed by atoms with E-state index < -0.39 is 0 Å². The number of aromatic nitrogens is 1. The predicted molar refractivity (Wildman–Crippen MR) is 113 cm³/mol. The molecule has 0 aliphatic carbocycles. The fourth-order valence-electron chi connectivity index (χ4n) is 4.15. The topological polar surface area (TPSA) is 64.0 Å². The molecule has 3 heterocycles. The molecule has 7 nitrogen and oxygen atoms in total. The summed E-state index contributed by atoms with van der Waals surface area (Å²) in [6.45, 7) is 3.41. The highest BCUT2D eigenvalue weighted by molar-refractivity contribution is 6.33. The van der Waals surface area contributed by atoms with Crippen molar-refractivity contribution < 1.29 is 19.1 Å². The molecule has 0 spiro atoms. The highest BCUT2D eigenvalue weighted by Crippen LogP contribution is 2.32. The van der Waals surface area contributed by atoms with Gasteiger partial charge in [0.2, 0.25) is 5.91 Å². The molecule has 2 aromatic rings. The monoisotopic (exact) mass is 431 g/mol. The Labute approximate surface area is 181 Å². The minimum absolute atomic E-state index is 0.115. The third-order valence-corrected chi connectivity index (χ3v) is 6.07. The van der Waals surface area contributed by atoms with Crippen molar-refractivity contribution in [2.24, 2.45) is 5.92 Å². The van der Waals surface area contributed by atoms with E-state index in [4.69, 9.17) is 21.1 Å². The molecule has 4 rings (SSSR count). The lowest BCUT2D eigenvalue weighted by Gasteiger charge is -2.36. The van der Waals surface area contributed by atoms with Crippen LogP contribution in [0.2, 0.25) is 5.02 Å². The molecule has 1 unspecified atom stereocenters. The zero-order valence-electron chi connectivity index (χ0n) is 17.1. The molecule has 0 saturated carbocycles. The highest BCUT2D eigenvalue weighted by Gasteiger charge is 2.33. The summed E-state index contributed by atoms with van der Waals surface area (Å²) in [6, 6.07) is 7.24. The lowest BCUT2D eigenvalue weighted by Crippen LogP contribution is -2.49. The lowest BCUT2D eigenvalue weighted by molar-refractivity contribution is -0.141. The molecule has 0 radical (unpaired) electrons. The number of benzene rings is 1. The van der Waals surface area contributed by atoms with Crippen LogP contribution in [0, 0.1) is 5.92 Å². The van der Waals surface area contributed by atoms with Crippen LogP contribution in [0.15, 0.2) is 36.7 Å². The Balaban J connectivity index is 1.53. The summed E-state index contributed by atoms with van der Waals surface area (Å²) in [5.41, 5.74) is 1.16. The number of morpholine rings is 1. The van der Waals surface area contributed by atoms with E-state index in [0.29, 0.717) is 55.7 Å². The first-order valence-electron chi connectivity index (χ1n) is 10.2. The van der Waals surface area contributed by atoms with Crippen LogP contribution in [0.5, 0.6) is 5.75 Å². The van der Waals surface area contributed by atoms with E-state index in [0.717, 1.165) is 18.5 Å². The zero-order valence-corrected chi connectivity index (χ0v) is 17.8. The van der Waals surface area contributed by atoms with E-state index in [1.807, 2.05) is 34.0 Å². The van der Waals surface area contributed by atoms with Crippen LogP contribution in [0.3, 0.4) is 0 Å². The van der Waals surface area contributed by atoms with Crippen molar-refractivity contribution in [3.63, 3.8) is 0 Å². The van der Waals surface area contributed by atoms with Gasteiger partial charge in [0.1, 0.15) is 5.75 Å². The van der Waals surface area contributed by atoms with Crippen molar-refractivity contribution in [2.45, 2.75) is 12.8 Å². The number of carbonyl (C=O) groups excluding carboxylic acids is 2. The lowest BCUT2D eigenvalue weighted by atomic mass is 9.95. The normalized spacial score (nSPS) is 19.6. The summed E-state index contributed by atoms with van der Waals surface area (Å²) in [6.07, 6.45) is 5.36. The smallest absolute Gasteiger partial charge is 0.257 e. The molecule has 1 aromatic heterocycles. The van der Waals surface area contributed by atoms with Crippen molar-refractivity contribution >= 4 is 23.4 Å². The number of halogens is 1. The first-order chi connectivity index (χ1) is 14.6. The number of carbonyl (C=O) groups is 2. The summed E-state index contributed by atoms with van der Waals surface area (Å²) < 4.78 is 12.7. The Morgan fingerprint density at radius 3 is 2.53 bits per heavy atom. The van der Waals surface area contributed by atoms with E-state index in [2.05, 4.69) is 0 Å². The fourth-order valence-corrected chi connectivity index (χ4v) is 4.41. The molecule has 0 N–H and O–H groups in total. The van der Waals surface area contributed by atoms with Crippen LogP contribution < -0.4 is 4.74 Å². The Bertz CT molecular complexity index is 909. The van der Waals surface area contributed by atoms with Gasteiger partial charge >= 0.3 is 0 Å². The molecule has 2 aliphatic heterocycles. The van der Waals surface area contributed by atoms with E-state index in [1.165, 1.54) is 0 Å². The number of rotatable bonds is 4. The van der Waals surface area contributed by atoms with Gasteiger partial charge in [0, 0.05) is 44.6 Å². The second-order valence-electron chi connectivity index (χ2n) is 7.62. The molecular formula is C22H26ClN3O4. The van der Waals surface area contributed by atoms with Crippen LogP contribution in [0.25, 0.3) is 5.69 Å². The molecule has 0 bridgehead atoms. The summed E-state index contributed by atoms with van der Waals surface area (Å²) >= 11 is 6.49.